The van der Waals surface area contributed by atoms with Gasteiger partial charge in [-0.2, -0.15) is 0 Å². The molecule has 4 heteroatoms. The maximum Gasteiger partial charge on any atom is 0.123 e. The third kappa shape index (κ3) is 2.61. The number of hydrogen-bond donors (Lipinski definition) is 1. The minimum atomic E-state index is -0.172. The number of rotatable bonds is 4. The normalized spacial score (nSPS) is 14.3. The Labute approximate surface area is 118 Å². The van der Waals surface area contributed by atoms with Crippen molar-refractivity contribution in [2.75, 3.05) is 6.54 Å². The van der Waals surface area contributed by atoms with Gasteiger partial charge < -0.3 is 9.88 Å². The molecule has 0 spiro atoms. The van der Waals surface area contributed by atoms with Gasteiger partial charge in [-0.1, -0.05) is 19.1 Å². The largest absolute Gasteiger partial charge is 0.331 e. The predicted molar refractivity (Wildman–Crippen MR) is 77.1 cm³/mol. The highest BCUT2D eigenvalue weighted by Gasteiger charge is 2.18. The molecule has 1 aliphatic heterocycles. The van der Waals surface area contributed by atoms with Crippen molar-refractivity contribution in [1.29, 1.82) is 0 Å². The van der Waals surface area contributed by atoms with Crippen LogP contribution in [0.25, 0.3) is 0 Å². The van der Waals surface area contributed by atoms with Gasteiger partial charge in [0.25, 0.3) is 0 Å². The van der Waals surface area contributed by atoms with Crippen LogP contribution < -0.4 is 5.32 Å². The summed E-state index contributed by atoms with van der Waals surface area (Å²) in [6, 6.07) is 6.80. The van der Waals surface area contributed by atoms with Crippen molar-refractivity contribution in [2.45, 2.75) is 39.3 Å². The highest BCUT2D eigenvalue weighted by molar-refractivity contribution is 5.21. The maximum atomic E-state index is 12.9. The zero-order valence-electron chi connectivity index (χ0n) is 11.8. The number of hydrogen-bond acceptors (Lipinski definition) is 2. The summed E-state index contributed by atoms with van der Waals surface area (Å²) < 4.78 is 15.3. The first-order chi connectivity index (χ1) is 9.78. The van der Waals surface area contributed by atoms with Crippen LogP contribution in [0.2, 0.25) is 0 Å². The van der Waals surface area contributed by atoms with Gasteiger partial charge in [-0.05, 0) is 24.1 Å². The highest BCUT2D eigenvalue weighted by atomic mass is 19.1. The molecule has 0 aliphatic carbocycles. The molecular weight excluding hydrogens is 253 g/mol. The van der Waals surface area contributed by atoms with Gasteiger partial charge in [-0.15, -0.1) is 0 Å². The molecule has 3 rings (SSSR count). The molecule has 2 aromatic rings. The lowest BCUT2D eigenvalue weighted by atomic mass is 10.1. The van der Waals surface area contributed by atoms with E-state index in [4.69, 9.17) is 4.98 Å². The molecule has 0 bridgehead atoms. The molecule has 0 unspecified atom stereocenters. The van der Waals surface area contributed by atoms with Crippen molar-refractivity contribution in [1.82, 2.24) is 14.9 Å². The molecule has 106 valence electrons. The van der Waals surface area contributed by atoms with Gasteiger partial charge in [0, 0.05) is 38.2 Å². The SMILES string of the molecule is CCc1nc2c(n1CCc1ccc(F)cc1)CCNC2. The van der Waals surface area contributed by atoms with Gasteiger partial charge in [-0.25, -0.2) is 9.37 Å². The molecule has 1 aromatic carbocycles. The Morgan fingerprint density at radius 2 is 2.10 bits per heavy atom. The number of fused-ring (bicyclic) bond motifs is 1. The molecule has 1 aliphatic rings. The fourth-order valence-electron chi connectivity index (χ4n) is 2.85. The topological polar surface area (TPSA) is 29.9 Å². The van der Waals surface area contributed by atoms with Crippen molar-refractivity contribution in [2.24, 2.45) is 0 Å². The number of imidazole rings is 1. The Bertz CT molecular complexity index is 587. The first kappa shape index (κ1) is 13.3. The van der Waals surface area contributed by atoms with Crippen LogP contribution in [-0.2, 0) is 32.4 Å². The van der Waals surface area contributed by atoms with Crippen LogP contribution in [0.5, 0.6) is 0 Å². The fraction of sp³-hybridized carbons (Fsp3) is 0.438. The van der Waals surface area contributed by atoms with Crippen molar-refractivity contribution in [3.05, 3.63) is 52.9 Å². The smallest absolute Gasteiger partial charge is 0.123 e. The number of aromatic nitrogens is 2. The van der Waals surface area contributed by atoms with Crippen LogP contribution in [0.15, 0.2) is 24.3 Å². The summed E-state index contributed by atoms with van der Waals surface area (Å²) in [6.07, 6.45) is 2.92. The second kappa shape index (κ2) is 5.75. The Hall–Kier alpha value is -1.68. The third-order valence-corrected chi connectivity index (χ3v) is 3.92. The van der Waals surface area contributed by atoms with Gasteiger partial charge in [0.2, 0.25) is 0 Å². The highest BCUT2D eigenvalue weighted by Crippen LogP contribution is 2.17. The van der Waals surface area contributed by atoms with E-state index in [2.05, 4.69) is 16.8 Å². The molecule has 0 fully saturated rings. The third-order valence-electron chi connectivity index (χ3n) is 3.92. The molecule has 0 saturated heterocycles. The first-order valence-electron chi connectivity index (χ1n) is 7.30. The van der Waals surface area contributed by atoms with E-state index in [0.717, 1.165) is 38.9 Å². The number of aryl methyl sites for hydroxylation is 2. The zero-order chi connectivity index (χ0) is 13.9. The lowest BCUT2D eigenvalue weighted by Crippen LogP contribution is -2.25. The summed E-state index contributed by atoms with van der Waals surface area (Å²) in [6.45, 7) is 4.98. The van der Waals surface area contributed by atoms with E-state index in [1.165, 1.54) is 34.9 Å². The van der Waals surface area contributed by atoms with E-state index in [9.17, 15) is 4.39 Å². The van der Waals surface area contributed by atoms with E-state index in [1.54, 1.807) is 0 Å². The van der Waals surface area contributed by atoms with Crippen LogP contribution in [-0.4, -0.2) is 16.1 Å². The zero-order valence-corrected chi connectivity index (χ0v) is 11.8. The maximum absolute atomic E-state index is 12.9. The summed E-state index contributed by atoms with van der Waals surface area (Å²) >= 11 is 0. The van der Waals surface area contributed by atoms with Gasteiger partial charge in [0.1, 0.15) is 11.6 Å². The van der Waals surface area contributed by atoms with Gasteiger partial charge in [0.05, 0.1) is 5.69 Å². The average Bonchev–Trinajstić information content (AvgIpc) is 2.84. The van der Waals surface area contributed by atoms with Gasteiger partial charge >= 0.3 is 0 Å². The second-order valence-electron chi connectivity index (χ2n) is 5.23. The Balaban J connectivity index is 1.79. The van der Waals surface area contributed by atoms with E-state index in [0.29, 0.717) is 0 Å². The van der Waals surface area contributed by atoms with Crippen molar-refractivity contribution in [3.63, 3.8) is 0 Å². The summed E-state index contributed by atoms with van der Waals surface area (Å²) in [4.78, 5) is 4.74. The number of nitrogens with zero attached hydrogens (tertiary/aromatic N) is 2. The lowest BCUT2D eigenvalue weighted by Gasteiger charge is -2.16. The molecule has 0 radical (unpaired) electrons. The lowest BCUT2D eigenvalue weighted by molar-refractivity contribution is 0.576. The van der Waals surface area contributed by atoms with E-state index < -0.39 is 0 Å². The summed E-state index contributed by atoms with van der Waals surface area (Å²) in [5.41, 5.74) is 3.75. The van der Waals surface area contributed by atoms with Gasteiger partial charge in [0.15, 0.2) is 0 Å². The summed E-state index contributed by atoms with van der Waals surface area (Å²) in [5, 5.41) is 3.37. The number of benzene rings is 1. The Kier molecular flexibility index (Phi) is 3.83. The molecule has 0 saturated carbocycles. The van der Waals surface area contributed by atoms with Crippen LogP contribution in [0.1, 0.15) is 29.7 Å². The standard InChI is InChI=1S/C16H20FN3/c1-2-16-19-14-11-18-9-7-15(14)20(16)10-8-12-3-5-13(17)6-4-12/h3-6,18H,2,7-11H2,1H3. The Morgan fingerprint density at radius 3 is 2.85 bits per heavy atom. The number of halogens is 1. The van der Waals surface area contributed by atoms with Crippen LogP contribution >= 0.6 is 0 Å². The molecule has 2 heterocycles. The van der Waals surface area contributed by atoms with Gasteiger partial charge in [-0.3, -0.25) is 0 Å². The minimum absolute atomic E-state index is 0.172. The molecular formula is C16H20FN3. The molecule has 0 atom stereocenters. The van der Waals surface area contributed by atoms with Crippen molar-refractivity contribution in [3.8, 4) is 0 Å². The quantitative estimate of drug-likeness (QED) is 0.927. The second-order valence-corrected chi connectivity index (χ2v) is 5.23. The average molecular weight is 273 g/mol. The Morgan fingerprint density at radius 1 is 1.30 bits per heavy atom. The van der Waals surface area contributed by atoms with E-state index in [1.807, 2.05) is 12.1 Å². The first-order valence-corrected chi connectivity index (χ1v) is 7.30. The van der Waals surface area contributed by atoms with Crippen LogP contribution in [0.4, 0.5) is 4.39 Å². The van der Waals surface area contributed by atoms with Crippen LogP contribution in [0, 0.1) is 5.82 Å². The van der Waals surface area contributed by atoms with Crippen molar-refractivity contribution < 1.29 is 4.39 Å². The summed E-state index contributed by atoms with van der Waals surface area (Å²) in [7, 11) is 0. The molecule has 1 N–H and O–H groups in total. The monoisotopic (exact) mass is 273 g/mol. The molecule has 1 aromatic heterocycles. The molecule has 3 nitrogen and oxygen atoms in total. The van der Waals surface area contributed by atoms with E-state index in [-0.39, 0.29) is 5.82 Å². The fourth-order valence-corrected chi connectivity index (χ4v) is 2.85. The van der Waals surface area contributed by atoms with E-state index >= 15 is 0 Å². The van der Waals surface area contributed by atoms with Crippen LogP contribution in [0.3, 0.4) is 0 Å². The molecule has 0 amide bonds. The predicted octanol–water partition coefficient (Wildman–Crippen LogP) is 2.47. The summed E-state index contributed by atoms with van der Waals surface area (Å²) in [5.74, 6) is 0.995. The number of nitrogens with one attached hydrogen (secondary N) is 1. The minimum Gasteiger partial charge on any atom is -0.331 e. The molecule has 20 heavy (non-hydrogen) atoms. The van der Waals surface area contributed by atoms with Crippen molar-refractivity contribution >= 4 is 0 Å².